The molecule has 0 saturated carbocycles. The highest BCUT2D eigenvalue weighted by molar-refractivity contribution is 5.85. The van der Waals surface area contributed by atoms with Gasteiger partial charge in [0.25, 0.3) is 0 Å². The van der Waals surface area contributed by atoms with E-state index >= 15 is 0 Å². The number of aryl methyl sites for hydroxylation is 1. The second kappa shape index (κ2) is 7.41. The van der Waals surface area contributed by atoms with Crippen molar-refractivity contribution >= 4 is 36.2 Å². The number of halogens is 2. The molecule has 2 aromatic rings. The summed E-state index contributed by atoms with van der Waals surface area (Å²) in [5, 5.41) is 0. The average molecular weight is 315 g/mol. The molecule has 0 saturated heterocycles. The third-order valence-electron chi connectivity index (χ3n) is 3.51. The number of rotatable bonds is 3. The Kier molecular flexibility index (Phi) is 6.17. The Hall–Kier alpha value is -1.39. The summed E-state index contributed by atoms with van der Waals surface area (Å²) in [4.78, 5) is 6.49. The summed E-state index contributed by atoms with van der Waals surface area (Å²) in [7, 11) is 0. The molecule has 1 aromatic heterocycles. The van der Waals surface area contributed by atoms with E-state index in [0.29, 0.717) is 0 Å². The summed E-state index contributed by atoms with van der Waals surface area (Å²) in [6, 6.07) is 6.26. The molecule has 3 rings (SSSR count). The Labute approximate surface area is 131 Å². The first-order valence-corrected chi connectivity index (χ1v) is 6.42. The van der Waals surface area contributed by atoms with Gasteiger partial charge in [-0.25, -0.2) is 4.98 Å². The number of imidazole rings is 1. The largest absolute Gasteiger partial charge is 0.399 e. The van der Waals surface area contributed by atoms with Gasteiger partial charge in [0.15, 0.2) is 0 Å². The molecule has 0 spiro atoms. The zero-order valence-electron chi connectivity index (χ0n) is 11.2. The fourth-order valence-electron chi connectivity index (χ4n) is 2.55. The molecule has 0 aliphatic carbocycles. The van der Waals surface area contributed by atoms with Crippen molar-refractivity contribution in [3.8, 4) is 0 Å². The minimum absolute atomic E-state index is 0. The highest BCUT2D eigenvalue weighted by Gasteiger charge is 2.16. The number of fused-ring (bicyclic) bond motifs is 1. The van der Waals surface area contributed by atoms with E-state index in [1.807, 2.05) is 24.8 Å². The fourth-order valence-corrected chi connectivity index (χ4v) is 2.55. The topological polar surface area (TPSA) is 47.1 Å². The van der Waals surface area contributed by atoms with Crippen molar-refractivity contribution in [1.29, 1.82) is 0 Å². The van der Waals surface area contributed by atoms with Gasteiger partial charge in [0.2, 0.25) is 0 Å². The minimum Gasteiger partial charge on any atom is -0.399 e. The molecule has 1 aliphatic heterocycles. The Morgan fingerprint density at radius 3 is 2.80 bits per heavy atom. The van der Waals surface area contributed by atoms with E-state index in [1.54, 1.807) is 0 Å². The van der Waals surface area contributed by atoms with Crippen LogP contribution < -0.4 is 10.6 Å². The van der Waals surface area contributed by atoms with Gasteiger partial charge in [0.1, 0.15) is 0 Å². The second-order valence-corrected chi connectivity index (χ2v) is 4.78. The summed E-state index contributed by atoms with van der Waals surface area (Å²) in [5.41, 5.74) is 9.47. The van der Waals surface area contributed by atoms with Crippen LogP contribution in [0, 0.1) is 0 Å². The van der Waals surface area contributed by atoms with Crippen LogP contribution in [0.25, 0.3) is 0 Å². The van der Waals surface area contributed by atoms with E-state index in [4.69, 9.17) is 5.73 Å². The highest BCUT2D eigenvalue weighted by Crippen LogP contribution is 2.28. The van der Waals surface area contributed by atoms with Crippen molar-refractivity contribution in [3.05, 3.63) is 42.5 Å². The molecular weight excluding hydrogens is 295 g/mol. The number of benzene rings is 1. The van der Waals surface area contributed by atoms with Crippen molar-refractivity contribution < 1.29 is 0 Å². The highest BCUT2D eigenvalue weighted by atomic mass is 35.5. The molecular formula is C14H20Cl2N4. The van der Waals surface area contributed by atoms with Crippen molar-refractivity contribution in [1.82, 2.24) is 9.55 Å². The van der Waals surface area contributed by atoms with E-state index in [0.717, 1.165) is 31.7 Å². The summed E-state index contributed by atoms with van der Waals surface area (Å²) in [6.45, 7) is 3.09. The average Bonchev–Trinajstić information content (AvgIpc) is 2.89. The molecule has 6 heteroatoms. The van der Waals surface area contributed by atoms with Crippen molar-refractivity contribution in [2.45, 2.75) is 19.4 Å². The van der Waals surface area contributed by atoms with Crippen LogP contribution in [0.5, 0.6) is 0 Å². The molecule has 0 atom stereocenters. The maximum Gasteiger partial charge on any atom is 0.0946 e. The normalized spacial score (nSPS) is 13.1. The number of nitrogen functional groups attached to an aromatic ring is 1. The first-order chi connectivity index (χ1) is 8.83. The quantitative estimate of drug-likeness (QED) is 0.886. The molecule has 2 N–H and O–H groups in total. The molecule has 0 radical (unpaired) electrons. The smallest absolute Gasteiger partial charge is 0.0946 e. The predicted octanol–water partition coefficient (Wildman–Crippen LogP) is 2.76. The van der Waals surface area contributed by atoms with Crippen LogP contribution in [0.1, 0.15) is 12.0 Å². The molecule has 0 unspecified atom stereocenters. The van der Waals surface area contributed by atoms with E-state index in [1.165, 1.54) is 17.7 Å². The van der Waals surface area contributed by atoms with Crippen molar-refractivity contribution in [2.75, 3.05) is 23.7 Å². The number of aromatic nitrogens is 2. The van der Waals surface area contributed by atoms with Gasteiger partial charge in [-0.15, -0.1) is 24.8 Å². The van der Waals surface area contributed by atoms with Crippen LogP contribution >= 0.6 is 24.8 Å². The first kappa shape index (κ1) is 16.7. The lowest BCUT2D eigenvalue weighted by molar-refractivity contribution is 0.622. The molecule has 4 nitrogen and oxygen atoms in total. The standard InChI is InChI=1S/C14H18N4.2ClH/c15-13-4-3-12-2-1-6-18(14(12)10-13)9-8-17-7-5-16-11-17;;/h3-5,7,10-11H,1-2,6,8-9,15H2;2*1H. The van der Waals surface area contributed by atoms with Crippen LogP contribution in [-0.4, -0.2) is 22.6 Å². The van der Waals surface area contributed by atoms with Gasteiger partial charge in [0, 0.05) is 43.4 Å². The number of hydrogen-bond donors (Lipinski definition) is 1. The summed E-state index contributed by atoms with van der Waals surface area (Å²) in [6.07, 6.45) is 8.08. The van der Waals surface area contributed by atoms with Gasteiger partial charge in [-0.05, 0) is 30.5 Å². The van der Waals surface area contributed by atoms with Crippen LogP contribution in [0.3, 0.4) is 0 Å². The number of hydrogen-bond acceptors (Lipinski definition) is 3. The molecule has 0 amide bonds. The molecule has 0 bridgehead atoms. The van der Waals surface area contributed by atoms with Gasteiger partial charge >= 0.3 is 0 Å². The Morgan fingerprint density at radius 2 is 2.05 bits per heavy atom. The Bertz CT molecular complexity index is 528. The SMILES string of the molecule is Cl.Cl.Nc1ccc2c(c1)N(CCn1ccnc1)CCC2. The predicted molar refractivity (Wildman–Crippen MR) is 88.1 cm³/mol. The first-order valence-electron chi connectivity index (χ1n) is 6.42. The van der Waals surface area contributed by atoms with Gasteiger partial charge in [-0.3, -0.25) is 0 Å². The molecule has 110 valence electrons. The summed E-state index contributed by atoms with van der Waals surface area (Å²) in [5.74, 6) is 0. The third-order valence-corrected chi connectivity index (χ3v) is 3.51. The molecule has 20 heavy (non-hydrogen) atoms. The molecule has 0 fully saturated rings. The van der Waals surface area contributed by atoms with Gasteiger partial charge in [0.05, 0.1) is 6.33 Å². The van der Waals surface area contributed by atoms with E-state index < -0.39 is 0 Å². The minimum atomic E-state index is 0. The lowest BCUT2D eigenvalue weighted by Crippen LogP contribution is -2.32. The van der Waals surface area contributed by atoms with Crippen LogP contribution in [-0.2, 0) is 13.0 Å². The third kappa shape index (κ3) is 3.58. The van der Waals surface area contributed by atoms with Crippen molar-refractivity contribution in [2.24, 2.45) is 0 Å². The fraction of sp³-hybridized carbons (Fsp3) is 0.357. The van der Waals surface area contributed by atoms with E-state index in [-0.39, 0.29) is 24.8 Å². The van der Waals surface area contributed by atoms with Gasteiger partial charge < -0.3 is 15.2 Å². The molecule has 2 heterocycles. The van der Waals surface area contributed by atoms with Gasteiger partial charge in [-0.2, -0.15) is 0 Å². The molecule has 1 aromatic carbocycles. The lowest BCUT2D eigenvalue weighted by atomic mass is 10.0. The zero-order valence-corrected chi connectivity index (χ0v) is 12.9. The maximum absolute atomic E-state index is 5.89. The van der Waals surface area contributed by atoms with Gasteiger partial charge in [-0.1, -0.05) is 6.07 Å². The summed E-state index contributed by atoms with van der Waals surface area (Å²) >= 11 is 0. The van der Waals surface area contributed by atoms with E-state index in [2.05, 4.69) is 26.6 Å². The number of nitrogens with two attached hydrogens (primary N) is 1. The maximum atomic E-state index is 5.89. The summed E-state index contributed by atoms with van der Waals surface area (Å²) < 4.78 is 2.11. The zero-order chi connectivity index (χ0) is 12.4. The molecule has 1 aliphatic rings. The lowest BCUT2D eigenvalue weighted by Gasteiger charge is -2.31. The van der Waals surface area contributed by atoms with Crippen LogP contribution in [0.15, 0.2) is 36.9 Å². The Morgan fingerprint density at radius 1 is 1.20 bits per heavy atom. The number of nitrogens with zero attached hydrogens (tertiary/aromatic N) is 3. The van der Waals surface area contributed by atoms with Crippen LogP contribution in [0.2, 0.25) is 0 Å². The van der Waals surface area contributed by atoms with Crippen LogP contribution in [0.4, 0.5) is 11.4 Å². The monoisotopic (exact) mass is 314 g/mol. The Balaban J connectivity index is 0.000001000. The van der Waals surface area contributed by atoms with E-state index in [9.17, 15) is 0 Å². The number of anilines is 2. The van der Waals surface area contributed by atoms with Crippen molar-refractivity contribution in [3.63, 3.8) is 0 Å². The second-order valence-electron chi connectivity index (χ2n) is 4.78.